The number of aliphatic carboxylic acids is 1. The first kappa shape index (κ1) is 17.3. The summed E-state index contributed by atoms with van der Waals surface area (Å²) in [6, 6.07) is 0. The standard InChI is InChI=1S/C8H16O3.C3H6O2/c1-2-3-4-5-6-7-8(9)11-10;1-2-3(4)5/h10H,2-7H2,1H3;2H2,1H3,(H,4,5). The molecule has 0 unspecified atom stereocenters. The van der Waals surface area contributed by atoms with E-state index < -0.39 is 11.9 Å². The normalized spacial score (nSPS) is 8.94. The van der Waals surface area contributed by atoms with Crippen LogP contribution in [0, 0.1) is 0 Å². The Morgan fingerprint density at radius 3 is 1.94 bits per heavy atom. The summed E-state index contributed by atoms with van der Waals surface area (Å²) >= 11 is 0. The van der Waals surface area contributed by atoms with Crippen LogP contribution in [0.15, 0.2) is 0 Å². The number of carboxylic acid groups (broad SMARTS) is 1. The van der Waals surface area contributed by atoms with E-state index in [9.17, 15) is 9.59 Å². The zero-order valence-electron chi connectivity index (χ0n) is 10.1. The minimum atomic E-state index is -0.745. The van der Waals surface area contributed by atoms with Crippen molar-refractivity contribution in [1.29, 1.82) is 0 Å². The lowest BCUT2D eigenvalue weighted by Gasteiger charge is -1.96. The van der Waals surface area contributed by atoms with E-state index in [0.29, 0.717) is 6.42 Å². The predicted octanol–water partition coefficient (Wildman–Crippen LogP) is 2.84. The van der Waals surface area contributed by atoms with Gasteiger partial charge in [-0.2, -0.15) is 5.26 Å². The zero-order valence-corrected chi connectivity index (χ0v) is 10.1. The molecule has 5 nitrogen and oxygen atoms in total. The molecule has 0 heterocycles. The molecular formula is C11H22O5. The van der Waals surface area contributed by atoms with Crippen molar-refractivity contribution >= 4 is 11.9 Å². The van der Waals surface area contributed by atoms with Crippen molar-refractivity contribution in [3.63, 3.8) is 0 Å². The molecule has 0 radical (unpaired) electrons. The van der Waals surface area contributed by atoms with Gasteiger partial charge in [-0.3, -0.25) is 4.79 Å². The fourth-order valence-electron chi connectivity index (χ4n) is 0.919. The monoisotopic (exact) mass is 234 g/mol. The molecule has 0 amide bonds. The summed E-state index contributed by atoms with van der Waals surface area (Å²) in [6.45, 7) is 3.74. The summed E-state index contributed by atoms with van der Waals surface area (Å²) in [6.07, 6.45) is 6.00. The molecule has 0 atom stereocenters. The van der Waals surface area contributed by atoms with Crippen LogP contribution in [-0.2, 0) is 14.5 Å². The van der Waals surface area contributed by atoms with Crippen LogP contribution in [0.3, 0.4) is 0 Å². The SMILES string of the molecule is CCC(=O)O.CCCCCCCC(=O)OO. The smallest absolute Gasteiger partial charge is 0.342 e. The molecule has 0 rings (SSSR count). The van der Waals surface area contributed by atoms with Gasteiger partial charge in [0.1, 0.15) is 0 Å². The van der Waals surface area contributed by atoms with E-state index in [4.69, 9.17) is 10.4 Å². The van der Waals surface area contributed by atoms with Gasteiger partial charge in [-0.15, -0.1) is 0 Å². The molecule has 0 aliphatic carbocycles. The van der Waals surface area contributed by atoms with E-state index in [1.165, 1.54) is 12.8 Å². The summed E-state index contributed by atoms with van der Waals surface area (Å²) in [4.78, 5) is 23.3. The van der Waals surface area contributed by atoms with Crippen molar-refractivity contribution in [3.05, 3.63) is 0 Å². The molecule has 0 fully saturated rings. The van der Waals surface area contributed by atoms with Gasteiger partial charge >= 0.3 is 11.9 Å². The van der Waals surface area contributed by atoms with Gasteiger partial charge < -0.3 is 9.99 Å². The van der Waals surface area contributed by atoms with Crippen molar-refractivity contribution in [2.45, 2.75) is 58.8 Å². The molecule has 0 saturated heterocycles. The maximum Gasteiger partial charge on any atom is 0.342 e. The summed E-state index contributed by atoms with van der Waals surface area (Å²) in [5.41, 5.74) is 0. The van der Waals surface area contributed by atoms with Crippen LogP contribution in [0.4, 0.5) is 0 Å². The number of carbonyl (C=O) groups excluding carboxylic acids is 1. The first-order valence-corrected chi connectivity index (χ1v) is 5.64. The van der Waals surface area contributed by atoms with Crippen LogP contribution in [0.1, 0.15) is 58.8 Å². The number of hydrogen-bond donors (Lipinski definition) is 2. The average molecular weight is 234 g/mol. The summed E-state index contributed by atoms with van der Waals surface area (Å²) in [5.74, 6) is -1.27. The third-order valence-corrected chi connectivity index (χ3v) is 1.89. The molecule has 16 heavy (non-hydrogen) atoms. The Hall–Kier alpha value is -1.10. The van der Waals surface area contributed by atoms with Gasteiger partial charge in [0.05, 0.1) is 0 Å². The molecule has 0 aromatic rings. The largest absolute Gasteiger partial charge is 0.481 e. The molecule has 96 valence electrons. The average Bonchev–Trinajstić information content (AvgIpc) is 2.29. The Morgan fingerprint density at radius 1 is 1.06 bits per heavy atom. The highest BCUT2D eigenvalue weighted by atomic mass is 17.1. The number of unbranched alkanes of at least 4 members (excludes halogenated alkanes) is 4. The van der Waals surface area contributed by atoms with Gasteiger partial charge in [-0.25, -0.2) is 4.79 Å². The van der Waals surface area contributed by atoms with Gasteiger partial charge in [-0.05, 0) is 6.42 Å². The Balaban J connectivity index is 0. The minimum Gasteiger partial charge on any atom is -0.481 e. The Labute approximate surface area is 96.3 Å². The zero-order chi connectivity index (χ0) is 12.8. The molecular weight excluding hydrogens is 212 g/mol. The molecule has 0 aliphatic rings. The van der Waals surface area contributed by atoms with E-state index in [1.807, 2.05) is 0 Å². The van der Waals surface area contributed by atoms with Crippen molar-refractivity contribution in [2.75, 3.05) is 0 Å². The summed E-state index contributed by atoms with van der Waals surface area (Å²) in [5, 5.41) is 15.6. The van der Waals surface area contributed by atoms with Crippen molar-refractivity contribution < 1.29 is 24.8 Å². The van der Waals surface area contributed by atoms with E-state index >= 15 is 0 Å². The topological polar surface area (TPSA) is 83.8 Å². The Morgan fingerprint density at radius 2 is 1.56 bits per heavy atom. The van der Waals surface area contributed by atoms with Gasteiger partial charge in [0.25, 0.3) is 0 Å². The van der Waals surface area contributed by atoms with Crippen molar-refractivity contribution in [2.24, 2.45) is 0 Å². The van der Waals surface area contributed by atoms with Crippen LogP contribution in [0.2, 0.25) is 0 Å². The molecule has 5 heteroatoms. The summed E-state index contributed by atoms with van der Waals surface area (Å²) < 4.78 is 0. The van der Waals surface area contributed by atoms with Gasteiger partial charge in [0.15, 0.2) is 0 Å². The highest BCUT2D eigenvalue weighted by Gasteiger charge is 1.99. The van der Waals surface area contributed by atoms with Crippen molar-refractivity contribution in [1.82, 2.24) is 0 Å². The second kappa shape index (κ2) is 13.9. The maximum absolute atomic E-state index is 10.4. The fourth-order valence-corrected chi connectivity index (χ4v) is 0.919. The number of rotatable bonds is 7. The molecule has 0 aliphatic heterocycles. The second-order valence-corrected chi connectivity index (χ2v) is 3.37. The van der Waals surface area contributed by atoms with E-state index in [-0.39, 0.29) is 6.42 Å². The lowest BCUT2D eigenvalue weighted by molar-refractivity contribution is -0.234. The van der Waals surface area contributed by atoms with Crippen molar-refractivity contribution in [3.8, 4) is 0 Å². The lowest BCUT2D eigenvalue weighted by Crippen LogP contribution is -1.99. The third kappa shape index (κ3) is 18.6. The molecule has 0 spiro atoms. The molecule has 2 N–H and O–H groups in total. The molecule has 0 bridgehead atoms. The molecule has 0 aromatic heterocycles. The highest BCUT2D eigenvalue weighted by molar-refractivity contribution is 5.68. The Bertz CT molecular complexity index is 179. The van der Waals surface area contributed by atoms with Crippen LogP contribution in [0.5, 0.6) is 0 Å². The first-order chi connectivity index (χ1) is 7.58. The van der Waals surface area contributed by atoms with E-state index in [0.717, 1.165) is 19.3 Å². The van der Waals surface area contributed by atoms with Gasteiger partial charge in [-0.1, -0.05) is 39.5 Å². The third-order valence-electron chi connectivity index (χ3n) is 1.89. The van der Waals surface area contributed by atoms with E-state index in [2.05, 4.69) is 11.8 Å². The second-order valence-electron chi connectivity index (χ2n) is 3.37. The Kier molecular flexibility index (Phi) is 15.0. The van der Waals surface area contributed by atoms with Crippen LogP contribution in [0.25, 0.3) is 0 Å². The van der Waals surface area contributed by atoms with Gasteiger partial charge in [0, 0.05) is 12.8 Å². The lowest BCUT2D eigenvalue weighted by atomic mass is 10.1. The number of carboxylic acids is 1. The molecule has 0 saturated carbocycles. The minimum absolute atomic E-state index is 0.222. The van der Waals surface area contributed by atoms with E-state index in [1.54, 1.807) is 6.92 Å². The first-order valence-electron chi connectivity index (χ1n) is 5.64. The highest BCUT2D eigenvalue weighted by Crippen LogP contribution is 2.04. The quantitative estimate of drug-likeness (QED) is 0.402. The van der Waals surface area contributed by atoms with Crippen LogP contribution in [-0.4, -0.2) is 22.3 Å². The number of carbonyl (C=O) groups is 2. The van der Waals surface area contributed by atoms with Crippen LogP contribution < -0.4 is 0 Å². The molecule has 0 aromatic carbocycles. The maximum atomic E-state index is 10.4. The fraction of sp³-hybridized carbons (Fsp3) is 0.818. The summed E-state index contributed by atoms with van der Waals surface area (Å²) in [7, 11) is 0. The van der Waals surface area contributed by atoms with Gasteiger partial charge in [0.2, 0.25) is 0 Å². The predicted molar refractivity (Wildman–Crippen MR) is 60.0 cm³/mol. The number of hydrogen-bond acceptors (Lipinski definition) is 4. The van der Waals surface area contributed by atoms with Crippen LogP contribution >= 0.6 is 0 Å².